The van der Waals surface area contributed by atoms with Crippen LogP contribution < -0.4 is 4.74 Å². The predicted octanol–water partition coefficient (Wildman–Crippen LogP) is 2.41. The Bertz CT molecular complexity index is 606. The van der Waals surface area contributed by atoms with Gasteiger partial charge in [-0.05, 0) is 12.0 Å². The summed E-state index contributed by atoms with van der Waals surface area (Å²) in [6.45, 7) is -0.0226. The van der Waals surface area contributed by atoms with E-state index in [1.54, 1.807) is 12.1 Å². The van der Waals surface area contributed by atoms with E-state index in [0.717, 1.165) is 0 Å². The highest BCUT2D eigenvalue weighted by Crippen LogP contribution is 2.32. The molecule has 0 spiro atoms. The lowest BCUT2D eigenvalue weighted by atomic mass is 9.81. The van der Waals surface area contributed by atoms with Crippen LogP contribution >= 0.6 is 0 Å². The number of hydrogen-bond acceptors (Lipinski definition) is 5. The number of nitriles is 2. The van der Waals surface area contributed by atoms with Crippen LogP contribution in [0.3, 0.4) is 0 Å². The summed E-state index contributed by atoms with van der Waals surface area (Å²) in [5.74, 6) is 2.22. The summed E-state index contributed by atoms with van der Waals surface area (Å²) in [5, 5.41) is 18.2. The second-order valence-electron chi connectivity index (χ2n) is 4.46. The van der Waals surface area contributed by atoms with Gasteiger partial charge in [0.2, 0.25) is 0 Å². The molecule has 0 bridgehead atoms. The monoisotopic (exact) mass is 308 g/mol. The van der Waals surface area contributed by atoms with Gasteiger partial charge in [-0.1, -0.05) is 5.92 Å². The zero-order valence-electron chi connectivity index (χ0n) is 11.4. The van der Waals surface area contributed by atoms with Gasteiger partial charge in [-0.25, -0.2) is 9.97 Å². The first-order valence-corrected chi connectivity index (χ1v) is 6.10. The lowest BCUT2D eigenvalue weighted by Crippen LogP contribution is -2.23. The van der Waals surface area contributed by atoms with Crippen LogP contribution in [0.25, 0.3) is 0 Å². The van der Waals surface area contributed by atoms with Gasteiger partial charge in [0.1, 0.15) is 5.41 Å². The third kappa shape index (κ3) is 5.30. The molecule has 0 N–H and O–H groups in total. The second kappa shape index (κ2) is 7.28. The Kier molecular flexibility index (Phi) is 5.72. The largest absolute Gasteiger partial charge is 0.450 e. The molecular formula is C14H11F3N4O. The van der Waals surface area contributed by atoms with Crippen LogP contribution in [0.1, 0.15) is 18.4 Å². The number of rotatable bonds is 6. The maximum absolute atomic E-state index is 12.3. The van der Waals surface area contributed by atoms with Gasteiger partial charge in [-0.15, -0.1) is 6.42 Å². The molecule has 0 aromatic carbocycles. The van der Waals surface area contributed by atoms with Crippen molar-refractivity contribution in [3.63, 3.8) is 0 Å². The molecule has 0 saturated heterocycles. The Morgan fingerprint density at radius 2 is 1.73 bits per heavy atom. The first-order valence-electron chi connectivity index (χ1n) is 6.10. The smallest absolute Gasteiger partial charge is 0.389 e. The average Bonchev–Trinajstić information content (AvgIpc) is 2.50. The van der Waals surface area contributed by atoms with E-state index in [1.807, 2.05) is 0 Å². The van der Waals surface area contributed by atoms with Crippen molar-refractivity contribution in [2.75, 3.05) is 6.61 Å². The third-order valence-corrected chi connectivity index (χ3v) is 2.74. The molecule has 0 atom stereocenters. The van der Waals surface area contributed by atoms with Crippen molar-refractivity contribution in [2.24, 2.45) is 5.41 Å². The molecule has 1 heterocycles. The Balaban J connectivity index is 2.81. The van der Waals surface area contributed by atoms with Crippen LogP contribution in [0, 0.1) is 40.4 Å². The van der Waals surface area contributed by atoms with Crippen molar-refractivity contribution < 1.29 is 17.9 Å². The minimum Gasteiger partial charge on any atom is -0.450 e. The maximum Gasteiger partial charge on any atom is 0.389 e. The van der Waals surface area contributed by atoms with Crippen LogP contribution in [0.4, 0.5) is 13.2 Å². The van der Waals surface area contributed by atoms with Crippen LogP contribution in [0.2, 0.25) is 0 Å². The first kappa shape index (κ1) is 17.3. The summed E-state index contributed by atoms with van der Waals surface area (Å²) in [6.07, 6.45) is 1.12. The Morgan fingerprint density at radius 3 is 2.18 bits per heavy atom. The summed E-state index contributed by atoms with van der Waals surface area (Å²) < 4.78 is 41.8. The van der Waals surface area contributed by atoms with Crippen LogP contribution in [-0.4, -0.2) is 22.8 Å². The second-order valence-corrected chi connectivity index (χ2v) is 4.46. The van der Waals surface area contributed by atoms with E-state index in [4.69, 9.17) is 21.7 Å². The summed E-state index contributed by atoms with van der Waals surface area (Å²) in [7, 11) is 0. The van der Waals surface area contributed by atoms with Crippen LogP contribution in [-0.2, 0) is 6.42 Å². The number of terminal acetylenes is 1. The zero-order chi connectivity index (χ0) is 16.6. The number of ether oxygens (including phenoxy) is 1. The molecule has 0 unspecified atom stereocenters. The minimum atomic E-state index is -4.43. The van der Waals surface area contributed by atoms with Gasteiger partial charge in [0, 0.05) is 25.2 Å². The summed E-state index contributed by atoms with van der Waals surface area (Å²) in [6, 6.07) is 3.33. The fraction of sp³-hybridized carbons (Fsp3) is 0.429. The lowest BCUT2D eigenvalue weighted by molar-refractivity contribution is -0.138. The van der Waals surface area contributed by atoms with E-state index in [0.29, 0.717) is 5.56 Å². The summed E-state index contributed by atoms with van der Waals surface area (Å²) in [5.41, 5.74) is -1.42. The molecule has 0 aliphatic heterocycles. The molecule has 1 aromatic heterocycles. The van der Waals surface area contributed by atoms with Gasteiger partial charge in [0.25, 0.3) is 0 Å². The lowest BCUT2D eigenvalue weighted by Gasteiger charge is -2.19. The molecule has 1 aromatic rings. The minimum absolute atomic E-state index is 0.0107. The van der Waals surface area contributed by atoms with E-state index in [-0.39, 0.29) is 19.0 Å². The third-order valence-electron chi connectivity index (χ3n) is 2.74. The number of alkyl halides is 3. The van der Waals surface area contributed by atoms with Crippen molar-refractivity contribution in [1.29, 1.82) is 10.5 Å². The van der Waals surface area contributed by atoms with Gasteiger partial charge in [0.15, 0.2) is 6.61 Å². The average molecular weight is 308 g/mol. The Hall–Kier alpha value is -2.79. The van der Waals surface area contributed by atoms with E-state index >= 15 is 0 Å². The number of halogens is 3. The molecule has 8 heteroatoms. The first-order chi connectivity index (χ1) is 10.3. The highest BCUT2D eigenvalue weighted by Gasteiger charge is 2.37. The van der Waals surface area contributed by atoms with E-state index < -0.39 is 24.4 Å². The molecule has 1 rings (SSSR count). The normalized spacial score (nSPS) is 11.1. The zero-order valence-corrected chi connectivity index (χ0v) is 11.4. The highest BCUT2D eigenvalue weighted by molar-refractivity contribution is 5.21. The quantitative estimate of drug-likeness (QED) is 0.754. The maximum atomic E-state index is 12.3. The summed E-state index contributed by atoms with van der Waals surface area (Å²) >= 11 is 0. The molecule has 114 valence electrons. The van der Waals surface area contributed by atoms with Gasteiger partial charge in [-0.3, -0.25) is 0 Å². The van der Waals surface area contributed by atoms with E-state index in [1.165, 1.54) is 12.4 Å². The van der Waals surface area contributed by atoms with Gasteiger partial charge < -0.3 is 4.74 Å². The Labute approximate surface area is 125 Å². The molecule has 0 radical (unpaired) electrons. The molecule has 0 aliphatic carbocycles. The van der Waals surface area contributed by atoms with E-state index in [2.05, 4.69) is 15.9 Å². The SMILES string of the molecule is C#CCOc1ncc(CC(C#N)(C#N)CCC(F)(F)F)cn1. The molecule has 0 aliphatic rings. The highest BCUT2D eigenvalue weighted by atomic mass is 19.4. The Morgan fingerprint density at radius 1 is 1.14 bits per heavy atom. The van der Waals surface area contributed by atoms with Gasteiger partial charge in [0.05, 0.1) is 12.1 Å². The molecule has 0 fully saturated rings. The van der Waals surface area contributed by atoms with Crippen molar-refractivity contribution >= 4 is 0 Å². The molecule has 22 heavy (non-hydrogen) atoms. The van der Waals surface area contributed by atoms with Gasteiger partial charge in [-0.2, -0.15) is 23.7 Å². The van der Waals surface area contributed by atoms with Crippen molar-refractivity contribution in [1.82, 2.24) is 9.97 Å². The van der Waals surface area contributed by atoms with Crippen molar-refractivity contribution in [3.05, 3.63) is 18.0 Å². The predicted molar refractivity (Wildman–Crippen MR) is 69.0 cm³/mol. The van der Waals surface area contributed by atoms with Crippen LogP contribution in [0.15, 0.2) is 12.4 Å². The number of hydrogen-bond donors (Lipinski definition) is 0. The molecular weight excluding hydrogens is 297 g/mol. The fourth-order valence-corrected chi connectivity index (χ4v) is 1.62. The van der Waals surface area contributed by atoms with Gasteiger partial charge >= 0.3 is 12.2 Å². The number of aromatic nitrogens is 2. The standard InChI is InChI=1S/C14H11F3N4O/c1-2-5-22-12-20-7-11(8-21-12)6-13(9-18,10-19)3-4-14(15,16)17/h1,7-8H,3-6H2. The van der Waals surface area contributed by atoms with Crippen molar-refractivity contribution in [2.45, 2.75) is 25.4 Å². The van der Waals surface area contributed by atoms with Crippen LogP contribution in [0.5, 0.6) is 6.01 Å². The molecule has 5 nitrogen and oxygen atoms in total. The summed E-state index contributed by atoms with van der Waals surface area (Å²) in [4.78, 5) is 7.62. The van der Waals surface area contributed by atoms with E-state index in [9.17, 15) is 13.2 Å². The fourth-order valence-electron chi connectivity index (χ4n) is 1.62. The molecule has 0 amide bonds. The number of nitrogens with zero attached hydrogens (tertiary/aromatic N) is 4. The topological polar surface area (TPSA) is 82.6 Å². The molecule has 0 saturated carbocycles. The van der Waals surface area contributed by atoms with Crippen molar-refractivity contribution in [3.8, 4) is 30.5 Å².